The first-order valence-electron chi connectivity index (χ1n) is 6.01. The lowest BCUT2D eigenvalue weighted by Gasteiger charge is -2.04. The molecule has 0 fully saturated rings. The molecule has 2 rings (SSSR count). The molecule has 1 aromatic carbocycles. The average molecular weight is 248 g/mol. The van der Waals surface area contributed by atoms with E-state index in [4.69, 9.17) is 4.42 Å². The van der Waals surface area contributed by atoms with E-state index in [0.29, 0.717) is 29.8 Å². The van der Waals surface area contributed by atoms with Crippen LogP contribution in [-0.4, -0.2) is 11.0 Å². The fourth-order valence-electron chi connectivity index (χ4n) is 1.64. The molecule has 0 spiro atoms. The van der Waals surface area contributed by atoms with Crippen LogP contribution in [0.2, 0.25) is 0 Å². The first-order chi connectivity index (χ1) is 8.56. The van der Waals surface area contributed by atoms with Gasteiger partial charge in [0.2, 0.25) is 5.89 Å². The summed E-state index contributed by atoms with van der Waals surface area (Å²) in [5.74, 6) is 0.747. The molecule has 1 N–H and O–H groups in total. The van der Waals surface area contributed by atoms with Crippen LogP contribution in [0.5, 0.6) is 0 Å². The van der Waals surface area contributed by atoms with Crippen molar-refractivity contribution in [2.75, 3.05) is 0 Å². The quantitative estimate of drug-likeness (QED) is 0.902. The summed E-state index contributed by atoms with van der Waals surface area (Å²) in [6.07, 6.45) is 1.56. The smallest absolute Gasteiger partial charge is 0.208 e. The predicted octanol–water partition coefficient (Wildman–Crippen LogP) is 3.29. The van der Waals surface area contributed by atoms with Crippen molar-refractivity contribution in [3.05, 3.63) is 41.7 Å². The van der Waals surface area contributed by atoms with Crippen LogP contribution in [0, 0.1) is 12.7 Å². The molecule has 0 amide bonds. The lowest BCUT2D eigenvalue weighted by atomic mass is 10.1. The second kappa shape index (κ2) is 5.31. The number of nitrogens with one attached hydrogen (secondary N) is 1. The zero-order valence-electron chi connectivity index (χ0n) is 10.8. The number of rotatable bonds is 4. The van der Waals surface area contributed by atoms with Gasteiger partial charge >= 0.3 is 0 Å². The molecule has 0 radical (unpaired) electrons. The number of nitrogens with zero attached hydrogens (tertiary/aromatic N) is 1. The summed E-state index contributed by atoms with van der Waals surface area (Å²) >= 11 is 0. The highest BCUT2D eigenvalue weighted by Crippen LogP contribution is 2.24. The second-order valence-electron chi connectivity index (χ2n) is 4.64. The molecule has 0 aliphatic carbocycles. The molecule has 3 nitrogen and oxygen atoms in total. The zero-order valence-corrected chi connectivity index (χ0v) is 10.8. The summed E-state index contributed by atoms with van der Waals surface area (Å²) < 4.78 is 19.2. The molecule has 0 aliphatic heterocycles. The van der Waals surface area contributed by atoms with Crippen LogP contribution in [0.25, 0.3) is 11.3 Å². The zero-order chi connectivity index (χ0) is 13.1. The summed E-state index contributed by atoms with van der Waals surface area (Å²) in [7, 11) is 0. The average Bonchev–Trinajstić information content (AvgIpc) is 2.78. The fourth-order valence-corrected chi connectivity index (χ4v) is 1.64. The molecule has 0 saturated carbocycles. The minimum absolute atomic E-state index is 0.292. The van der Waals surface area contributed by atoms with Crippen LogP contribution in [0.4, 0.5) is 4.39 Å². The van der Waals surface area contributed by atoms with Gasteiger partial charge in [-0.2, -0.15) is 0 Å². The maximum atomic E-state index is 13.7. The van der Waals surface area contributed by atoms with Crippen molar-refractivity contribution < 1.29 is 8.81 Å². The Morgan fingerprint density at radius 1 is 1.39 bits per heavy atom. The van der Waals surface area contributed by atoms with Crippen LogP contribution in [0.15, 0.2) is 28.8 Å². The number of aryl methyl sites for hydroxylation is 1. The maximum Gasteiger partial charge on any atom is 0.208 e. The summed E-state index contributed by atoms with van der Waals surface area (Å²) in [6.45, 7) is 6.56. The third-order valence-corrected chi connectivity index (χ3v) is 2.60. The van der Waals surface area contributed by atoms with Gasteiger partial charge in [0.1, 0.15) is 5.82 Å². The van der Waals surface area contributed by atoms with E-state index in [-0.39, 0.29) is 5.82 Å². The van der Waals surface area contributed by atoms with Crippen LogP contribution >= 0.6 is 0 Å². The van der Waals surface area contributed by atoms with Gasteiger partial charge in [-0.1, -0.05) is 25.5 Å². The number of benzene rings is 1. The molecular weight excluding hydrogens is 231 g/mol. The first kappa shape index (κ1) is 12.8. The minimum Gasteiger partial charge on any atom is -0.439 e. The number of hydrogen-bond donors (Lipinski definition) is 1. The fraction of sp³-hybridized carbons (Fsp3) is 0.357. The van der Waals surface area contributed by atoms with Crippen molar-refractivity contribution in [1.29, 1.82) is 0 Å². The third-order valence-electron chi connectivity index (χ3n) is 2.60. The molecule has 18 heavy (non-hydrogen) atoms. The third kappa shape index (κ3) is 2.96. The number of hydrogen-bond acceptors (Lipinski definition) is 3. The highest BCUT2D eigenvalue weighted by atomic mass is 19.1. The Morgan fingerprint density at radius 3 is 2.89 bits per heavy atom. The Hall–Kier alpha value is -1.68. The van der Waals surface area contributed by atoms with E-state index in [2.05, 4.69) is 10.3 Å². The predicted molar refractivity (Wildman–Crippen MR) is 68.6 cm³/mol. The first-order valence-corrected chi connectivity index (χ1v) is 6.01. The SMILES string of the molecule is Cc1ccc(F)c(-c2cnc(CNC(C)C)o2)c1. The molecule has 0 unspecified atom stereocenters. The summed E-state index contributed by atoms with van der Waals surface area (Å²) in [5.41, 5.74) is 1.45. The molecule has 1 aromatic heterocycles. The van der Waals surface area contributed by atoms with Gasteiger partial charge < -0.3 is 9.73 Å². The van der Waals surface area contributed by atoms with Crippen LogP contribution in [0.1, 0.15) is 25.3 Å². The summed E-state index contributed by atoms with van der Waals surface area (Å²) in [4.78, 5) is 4.14. The van der Waals surface area contributed by atoms with Crippen molar-refractivity contribution in [2.24, 2.45) is 0 Å². The van der Waals surface area contributed by atoms with Crippen molar-refractivity contribution in [2.45, 2.75) is 33.4 Å². The van der Waals surface area contributed by atoms with Gasteiger partial charge in [-0.25, -0.2) is 9.37 Å². The minimum atomic E-state index is -0.292. The Morgan fingerprint density at radius 2 is 2.17 bits per heavy atom. The molecule has 4 heteroatoms. The van der Waals surface area contributed by atoms with Gasteiger partial charge in [-0.3, -0.25) is 0 Å². The van der Waals surface area contributed by atoms with Crippen LogP contribution in [-0.2, 0) is 6.54 Å². The molecule has 1 heterocycles. The lowest BCUT2D eigenvalue weighted by molar-refractivity contribution is 0.457. The molecule has 2 aromatic rings. The van der Waals surface area contributed by atoms with E-state index >= 15 is 0 Å². The molecule has 0 bridgehead atoms. The molecular formula is C14H17FN2O. The molecule has 0 saturated heterocycles. The van der Waals surface area contributed by atoms with E-state index < -0.39 is 0 Å². The van der Waals surface area contributed by atoms with Crippen LogP contribution < -0.4 is 5.32 Å². The van der Waals surface area contributed by atoms with E-state index in [1.54, 1.807) is 18.3 Å². The Labute approximate surface area is 106 Å². The topological polar surface area (TPSA) is 38.1 Å². The highest BCUT2D eigenvalue weighted by molar-refractivity contribution is 5.58. The highest BCUT2D eigenvalue weighted by Gasteiger charge is 2.11. The van der Waals surface area contributed by atoms with E-state index in [9.17, 15) is 4.39 Å². The number of halogens is 1. The number of aromatic nitrogens is 1. The maximum absolute atomic E-state index is 13.7. The van der Waals surface area contributed by atoms with Gasteiger partial charge in [-0.05, 0) is 19.1 Å². The lowest BCUT2D eigenvalue weighted by Crippen LogP contribution is -2.21. The molecule has 0 atom stereocenters. The van der Waals surface area contributed by atoms with Gasteiger partial charge in [0, 0.05) is 6.04 Å². The normalized spacial score (nSPS) is 11.2. The molecule has 0 aliphatic rings. The van der Waals surface area contributed by atoms with Crippen molar-refractivity contribution in [1.82, 2.24) is 10.3 Å². The van der Waals surface area contributed by atoms with Crippen molar-refractivity contribution in [3.8, 4) is 11.3 Å². The van der Waals surface area contributed by atoms with Gasteiger partial charge in [0.05, 0.1) is 18.3 Å². The standard InChI is InChI=1S/C14H17FN2O/c1-9(2)16-8-14-17-7-13(18-14)11-6-10(3)4-5-12(11)15/h4-7,9,16H,8H2,1-3H3. The van der Waals surface area contributed by atoms with Gasteiger partial charge in [-0.15, -0.1) is 0 Å². The Bertz CT molecular complexity index is 534. The summed E-state index contributed by atoms with van der Waals surface area (Å²) in [5, 5.41) is 3.20. The van der Waals surface area contributed by atoms with E-state index in [1.807, 2.05) is 20.8 Å². The molecule has 96 valence electrons. The Balaban J connectivity index is 2.21. The van der Waals surface area contributed by atoms with Crippen molar-refractivity contribution in [3.63, 3.8) is 0 Å². The number of oxazole rings is 1. The van der Waals surface area contributed by atoms with Crippen LogP contribution in [0.3, 0.4) is 0 Å². The van der Waals surface area contributed by atoms with Gasteiger partial charge in [0.25, 0.3) is 0 Å². The van der Waals surface area contributed by atoms with E-state index in [0.717, 1.165) is 5.56 Å². The monoisotopic (exact) mass is 248 g/mol. The summed E-state index contributed by atoms with van der Waals surface area (Å²) in [6, 6.07) is 5.29. The Kier molecular flexibility index (Phi) is 3.77. The van der Waals surface area contributed by atoms with Crippen molar-refractivity contribution >= 4 is 0 Å². The van der Waals surface area contributed by atoms with E-state index in [1.165, 1.54) is 6.07 Å². The van der Waals surface area contributed by atoms with Gasteiger partial charge in [0.15, 0.2) is 5.76 Å². The second-order valence-corrected chi connectivity index (χ2v) is 4.64. The largest absolute Gasteiger partial charge is 0.439 e.